The van der Waals surface area contributed by atoms with Crippen molar-refractivity contribution in [3.63, 3.8) is 0 Å². The average molecular weight is 343 g/mol. The van der Waals surface area contributed by atoms with E-state index < -0.39 is 17.4 Å². The molecule has 1 aromatic heterocycles. The van der Waals surface area contributed by atoms with E-state index in [1.165, 1.54) is 0 Å². The molecule has 2 aliphatic rings. The highest BCUT2D eigenvalue weighted by molar-refractivity contribution is 6.07. The normalized spacial score (nSPS) is 21.8. The second-order valence-corrected chi connectivity index (χ2v) is 7.32. The number of esters is 2. The Morgan fingerprint density at radius 2 is 2.20 bits per heavy atom. The molecular formula is C18H21N3O4. The number of aromatic nitrogens is 1. The van der Waals surface area contributed by atoms with Crippen LogP contribution in [0, 0.1) is 11.3 Å². The van der Waals surface area contributed by atoms with E-state index in [0.29, 0.717) is 22.6 Å². The van der Waals surface area contributed by atoms with Gasteiger partial charge in [0.15, 0.2) is 0 Å². The zero-order valence-corrected chi connectivity index (χ0v) is 15.0. The summed E-state index contributed by atoms with van der Waals surface area (Å²) in [4.78, 5) is 25.2. The molecule has 0 aliphatic carbocycles. The zero-order chi connectivity index (χ0) is 18.6. The van der Waals surface area contributed by atoms with Gasteiger partial charge in [-0.15, -0.1) is 0 Å². The minimum Gasteiger partial charge on any atom is -0.465 e. The number of cyclic esters (lactones) is 1. The fourth-order valence-corrected chi connectivity index (χ4v) is 3.51. The molecule has 1 aromatic rings. The first kappa shape index (κ1) is 17.1. The van der Waals surface area contributed by atoms with Crippen LogP contribution >= 0.6 is 0 Å². The smallest absolute Gasteiger partial charge is 0.337 e. The van der Waals surface area contributed by atoms with Crippen LogP contribution in [0.1, 0.15) is 45.7 Å². The molecule has 7 nitrogen and oxygen atoms in total. The van der Waals surface area contributed by atoms with Crippen molar-refractivity contribution in [2.45, 2.75) is 45.6 Å². The highest BCUT2D eigenvalue weighted by Crippen LogP contribution is 2.49. The van der Waals surface area contributed by atoms with Crippen molar-refractivity contribution in [3.8, 4) is 6.07 Å². The number of anilines is 1. The number of rotatable bonds is 2. The summed E-state index contributed by atoms with van der Waals surface area (Å²) in [6.45, 7) is 9.57. The van der Waals surface area contributed by atoms with Gasteiger partial charge in [-0.05, 0) is 34.6 Å². The van der Waals surface area contributed by atoms with Crippen LogP contribution < -0.4 is 5.32 Å². The van der Waals surface area contributed by atoms with Gasteiger partial charge in [-0.25, -0.2) is 4.79 Å². The monoisotopic (exact) mass is 343 g/mol. The molecule has 1 atom stereocenters. The van der Waals surface area contributed by atoms with E-state index >= 15 is 0 Å². The second kappa shape index (κ2) is 5.38. The summed E-state index contributed by atoms with van der Waals surface area (Å²) in [6, 6.07) is 2.15. The maximum absolute atomic E-state index is 12.9. The number of carbonyl (C=O) groups is 2. The van der Waals surface area contributed by atoms with Crippen molar-refractivity contribution in [1.29, 1.82) is 5.26 Å². The number of hydrogen-bond donors (Lipinski definition) is 1. The van der Waals surface area contributed by atoms with Gasteiger partial charge in [-0.2, -0.15) is 5.26 Å². The largest absolute Gasteiger partial charge is 0.465 e. The molecule has 0 spiro atoms. The molecule has 0 radical (unpaired) electrons. The van der Waals surface area contributed by atoms with Crippen LogP contribution in [0.3, 0.4) is 0 Å². The van der Waals surface area contributed by atoms with Crippen molar-refractivity contribution in [1.82, 2.24) is 4.57 Å². The third kappa shape index (κ3) is 2.24. The number of nitriles is 1. The molecule has 2 aliphatic heterocycles. The second-order valence-electron chi connectivity index (χ2n) is 7.32. The fourth-order valence-electron chi connectivity index (χ4n) is 3.51. The number of nitrogens with one attached hydrogen (secondary N) is 1. The lowest BCUT2D eigenvalue weighted by atomic mass is 9.72. The summed E-state index contributed by atoms with van der Waals surface area (Å²) in [5, 5.41) is 12.9. The Kier molecular flexibility index (Phi) is 3.68. The predicted octanol–water partition coefficient (Wildman–Crippen LogP) is 2.17. The lowest BCUT2D eigenvalue weighted by molar-refractivity contribution is -0.150. The van der Waals surface area contributed by atoms with Gasteiger partial charge in [-0.3, -0.25) is 4.79 Å². The number of nitrogens with zero attached hydrogens (tertiary/aromatic N) is 2. The number of hydrogen-bond acceptors (Lipinski definition) is 6. The molecule has 3 heterocycles. The Morgan fingerprint density at radius 1 is 1.52 bits per heavy atom. The molecule has 0 aromatic carbocycles. The van der Waals surface area contributed by atoms with E-state index in [9.17, 15) is 14.9 Å². The SMILES string of the molecule is CCOC(=O)[C@@]1(C)C2=C(COC2=O)Nc2c1c(C#N)cn2C(C)(C)C. The molecule has 0 fully saturated rings. The Labute approximate surface area is 146 Å². The van der Waals surface area contributed by atoms with Crippen molar-refractivity contribution >= 4 is 17.8 Å². The first-order valence-electron chi connectivity index (χ1n) is 8.17. The van der Waals surface area contributed by atoms with Gasteiger partial charge < -0.3 is 19.4 Å². The van der Waals surface area contributed by atoms with E-state index in [1.54, 1.807) is 20.0 Å². The van der Waals surface area contributed by atoms with E-state index in [1.807, 2.05) is 25.3 Å². The zero-order valence-electron chi connectivity index (χ0n) is 15.0. The van der Waals surface area contributed by atoms with E-state index in [4.69, 9.17) is 9.47 Å². The van der Waals surface area contributed by atoms with Crippen molar-refractivity contribution in [2.24, 2.45) is 0 Å². The maximum atomic E-state index is 12.9. The summed E-state index contributed by atoms with van der Waals surface area (Å²) in [5.41, 5.74) is -0.160. The van der Waals surface area contributed by atoms with E-state index in [0.717, 1.165) is 0 Å². The third-order valence-electron chi connectivity index (χ3n) is 4.65. The Bertz CT molecular complexity index is 851. The molecule has 0 unspecified atom stereocenters. The lowest BCUT2D eigenvalue weighted by Crippen LogP contribution is -2.43. The summed E-state index contributed by atoms with van der Waals surface area (Å²) in [6.07, 6.45) is 1.71. The standard InChI is InChI=1S/C18H21N3O4/c1-6-24-16(23)18(5)12-10(7-19)8-21(17(2,3)4)14(12)20-11-9-25-15(22)13(11)18/h8,20H,6,9H2,1-5H3/t18-/m1/s1. The first-order chi connectivity index (χ1) is 11.7. The van der Waals surface area contributed by atoms with E-state index in [2.05, 4.69) is 11.4 Å². The highest BCUT2D eigenvalue weighted by Gasteiger charge is 2.54. The minimum absolute atomic E-state index is 0.0693. The topological polar surface area (TPSA) is 93.3 Å². The molecule has 0 bridgehead atoms. The molecule has 0 amide bonds. The summed E-state index contributed by atoms with van der Waals surface area (Å²) >= 11 is 0. The molecule has 1 N–H and O–H groups in total. The van der Waals surface area contributed by atoms with Crippen LogP contribution in [0.2, 0.25) is 0 Å². The predicted molar refractivity (Wildman–Crippen MR) is 89.7 cm³/mol. The fraction of sp³-hybridized carbons (Fsp3) is 0.500. The molecule has 25 heavy (non-hydrogen) atoms. The Hall–Kier alpha value is -2.75. The average Bonchev–Trinajstić information content (AvgIpc) is 3.09. The molecule has 3 rings (SSSR count). The maximum Gasteiger partial charge on any atom is 0.337 e. The van der Waals surface area contributed by atoms with Gasteiger partial charge in [0.05, 0.1) is 23.4 Å². The number of carbonyl (C=O) groups excluding carboxylic acids is 2. The summed E-state index contributed by atoms with van der Waals surface area (Å²) in [5.74, 6) is -0.500. The van der Waals surface area contributed by atoms with Gasteiger partial charge in [0.1, 0.15) is 23.9 Å². The molecular weight excluding hydrogens is 322 g/mol. The van der Waals surface area contributed by atoms with Crippen molar-refractivity contribution in [3.05, 3.63) is 28.6 Å². The van der Waals surface area contributed by atoms with Gasteiger partial charge >= 0.3 is 11.9 Å². The van der Waals surface area contributed by atoms with Crippen LogP contribution in [0.25, 0.3) is 0 Å². The molecule has 0 saturated heterocycles. The van der Waals surface area contributed by atoms with Crippen LogP contribution in [0.5, 0.6) is 0 Å². The van der Waals surface area contributed by atoms with Gasteiger partial charge in [0.25, 0.3) is 0 Å². The highest BCUT2D eigenvalue weighted by atomic mass is 16.5. The van der Waals surface area contributed by atoms with Crippen molar-refractivity contribution in [2.75, 3.05) is 18.5 Å². The lowest BCUT2D eigenvalue weighted by Gasteiger charge is -2.34. The minimum atomic E-state index is -1.39. The third-order valence-corrected chi connectivity index (χ3v) is 4.65. The molecule has 0 saturated carbocycles. The van der Waals surface area contributed by atoms with E-state index in [-0.39, 0.29) is 24.3 Å². The first-order valence-corrected chi connectivity index (χ1v) is 8.17. The van der Waals surface area contributed by atoms with Crippen LogP contribution in [-0.4, -0.2) is 29.7 Å². The number of fused-ring (bicyclic) bond motifs is 1. The van der Waals surface area contributed by atoms with Gasteiger partial charge in [0, 0.05) is 17.3 Å². The molecule has 132 valence electrons. The van der Waals surface area contributed by atoms with Crippen LogP contribution in [0.4, 0.5) is 5.82 Å². The van der Waals surface area contributed by atoms with Gasteiger partial charge in [-0.1, -0.05) is 0 Å². The van der Waals surface area contributed by atoms with Gasteiger partial charge in [0.2, 0.25) is 0 Å². The number of ether oxygens (including phenoxy) is 2. The summed E-state index contributed by atoms with van der Waals surface area (Å²) < 4.78 is 12.3. The van der Waals surface area contributed by atoms with Crippen LogP contribution in [-0.2, 0) is 30.0 Å². The Balaban J connectivity index is 2.35. The van der Waals surface area contributed by atoms with Crippen molar-refractivity contribution < 1.29 is 19.1 Å². The summed E-state index contributed by atoms with van der Waals surface area (Å²) in [7, 11) is 0. The van der Waals surface area contributed by atoms with Crippen LogP contribution in [0.15, 0.2) is 17.5 Å². The Morgan fingerprint density at radius 3 is 2.76 bits per heavy atom. The molecule has 7 heteroatoms. The quantitative estimate of drug-likeness (QED) is 0.827.